The normalized spacial score (nSPS) is 14.3. The van der Waals surface area contributed by atoms with Crippen molar-refractivity contribution in [3.05, 3.63) is 30.9 Å². The van der Waals surface area contributed by atoms with E-state index in [2.05, 4.69) is 11.9 Å². The largest absolute Gasteiger partial charge is 0.497 e. The molecule has 0 spiro atoms. The molecule has 1 heterocycles. The third-order valence-electron chi connectivity index (χ3n) is 2.77. The lowest BCUT2D eigenvalue weighted by Gasteiger charge is -2.21. The number of hydrogen-bond donors (Lipinski definition) is 1. The highest BCUT2D eigenvalue weighted by Crippen LogP contribution is 2.32. The van der Waals surface area contributed by atoms with Gasteiger partial charge in [-0.3, -0.25) is 9.59 Å². The van der Waals surface area contributed by atoms with Crippen molar-refractivity contribution in [2.24, 2.45) is 0 Å². The average molecular weight is 246 g/mol. The molecular weight excluding hydrogens is 232 g/mol. The highest BCUT2D eigenvalue weighted by atomic mass is 16.5. The Morgan fingerprint density at radius 3 is 3.00 bits per heavy atom. The molecule has 2 amide bonds. The van der Waals surface area contributed by atoms with Crippen molar-refractivity contribution < 1.29 is 14.3 Å². The molecule has 1 aliphatic rings. The van der Waals surface area contributed by atoms with Crippen LogP contribution >= 0.6 is 0 Å². The maximum absolute atomic E-state index is 11.8. The van der Waals surface area contributed by atoms with Gasteiger partial charge in [-0.1, -0.05) is 6.58 Å². The summed E-state index contributed by atoms with van der Waals surface area (Å²) in [6, 6.07) is 5.18. The molecule has 0 bridgehead atoms. The molecule has 1 aromatic carbocycles. The molecule has 18 heavy (non-hydrogen) atoms. The molecule has 0 radical (unpaired) electrons. The molecule has 5 heteroatoms. The summed E-state index contributed by atoms with van der Waals surface area (Å²) in [6.45, 7) is 3.80. The lowest BCUT2D eigenvalue weighted by Crippen LogP contribution is -2.30. The number of nitrogens with zero attached hydrogens (tertiary/aromatic N) is 1. The number of anilines is 2. The van der Waals surface area contributed by atoms with Gasteiger partial charge in [0.05, 0.1) is 18.5 Å². The second-order valence-electron chi connectivity index (χ2n) is 3.88. The van der Waals surface area contributed by atoms with Crippen molar-refractivity contribution in [2.75, 3.05) is 23.9 Å². The van der Waals surface area contributed by atoms with Gasteiger partial charge in [0, 0.05) is 19.0 Å². The zero-order chi connectivity index (χ0) is 13.1. The molecule has 5 nitrogen and oxygen atoms in total. The number of nitrogens with one attached hydrogen (secondary N) is 1. The Bertz CT molecular complexity index is 511. The zero-order valence-corrected chi connectivity index (χ0v) is 10.1. The molecule has 0 saturated carbocycles. The van der Waals surface area contributed by atoms with Gasteiger partial charge in [-0.15, -0.1) is 0 Å². The van der Waals surface area contributed by atoms with Crippen LogP contribution in [0.3, 0.4) is 0 Å². The maximum atomic E-state index is 11.8. The Labute approximate surface area is 105 Å². The van der Waals surface area contributed by atoms with Crippen LogP contribution < -0.4 is 15.0 Å². The first-order chi connectivity index (χ1) is 8.65. The van der Waals surface area contributed by atoms with E-state index in [-0.39, 0.29) is 18.2 Å². The van der Waals surface area contributed by atoms with Crippen molar-refractivity contribution in [3.63, 3.8) is 0 Å². The summed E-state index contributed by atoms with van der Waals surface area (Å²) < 4.78 is 5.13. The molecule has 1 aromatic rings. The zero-order valence-electron chi connectivity index (χ0n) is 10.1. The summed E-state index contributed by atoms with van der Waals surface area (Å²) in [4.78, 5) is 24.9. The van der Waals surface area contributed by atoms with E-state index in [0.29, 0.717) is 23.7 Å². The van der Waals surface area contributed by atoms with Crippen LogP contribution in [0.5, 0.6) is 5.75 Å². The number of methoxy groups -OCH3 is 1. The van der Waals surface area contributed by atoms with Crippen LogP contribution in [0.1, 0.15) is 6.42 Å². The van der Waals surface area contributed by atoms with Crippen molar-refractivity contribution >= 4 is 23.2 Å². The third-order valence-corrected chi connectivity index (χ3v) is 2.77. The summed E-state index contributed by atoms with van der Waals surface area (Å²) in [6.07, 6.45) is 1.50. The summed E-state index contributed by atoms with van der Waals surface area (Å²) in [7, 11) is 1.55. The Morgan fingerprint density at radius 1 is 1.56 bits per heavy atom. The van der Waals surface area contributed by atoms with E-state index in [1.165, 1.54) is 11.0 Å². The van der Waals surface area contributed by atoms with Gasteiger partial charge in [0.25, 0.3) is 0 Å². The minimum Gasteiger partial charge on any atom is -0.497 e. The first kappa shape index (κ1) is 12.2. The van der Waals surface area contributed by atoms with E-state index < -0.39 is 0 Å². The number of carbonyl (C=O) groups is 2. The van der Waals surface area contributed by atoms with Crippen molar-refractivity contribution in [1.82, 2.24) is 0 Å². The van der Waals surface area contributed by atoms with Gasteiger partial charge in [0.15, 0.2) is 0 Å². The van der Waals surface area contributed by atoms with E-state index in [1.807, 2.05) is 0 Å². The molecule has 0 saturated heterocycles. The topological polar surface area (TPSA) is 58.6 Å². The maximum Gasteiger partial charge on any atom is 0.250 e. The second-order valence-corrected chi connectivity index (χ2v) is 3.88. The SMILES string of the molecule is C=CC(=O)N1CCC(=O)Nc2ccc(OC)cc21. The van der Waals surface area contributed by atoms with E-state index in [0.717, 1.165) is 0 Å². The van der Waals surface area contributed by atoms with Gasteiger partial charge in [0.2, 0.25) is 11.8 Å². The van der Waals surface area contributed by atoms with Crippen LogP contribution in [0.2, 0.25) is 0 Å². The van der Waals surface area contributed by atoms with E-state index in [9.17, 15) is 9.59 Å². The Balaban J connectivity index is 2.50. The van der Waals surface area contributed by atoms with Crippen LogP contribution in [0, 0.1) is 0 Å². The molecule has 1 N–H and O–H groups in total. The fraction of sp³-hybridized carbons (Fsp3) is 0.231. The fourth-order valence-corrected chi connectivity index (χ4v) is 1.85. The average Bonchev–Trinajstić information content (AvgIpc) is 2.55. The number of hydrogen-bond acceptors (Lipinski definition) is 3. The van der Waals surface area contributed by atoms with Crippen molar-refractivity contribution in [1.29, 1.82) is 0 Å². The van der Waals surface area contributed by atoms with Gasteiger partial charge in [-0.25, -0.2) is 0 Å². The molecule has 0 aliphatic carbocycles. The molecular formula is C13H14N2O3. The van der Waals surface area contributed by atoms with Crippen LogP contribution in [0.25, 0.3) is 0 Å². The van der Waals surface area contributed by atoms with Crippen LogP contribution in [-0.4, -0.2) is 25.5 Å². The Kier molecular flexibility index (Phi) is 3.32. The van der Waals surface area contributed by atoms with Crippen LogP contribution in [-0.2, 0) is 9.59 Å². The second kappa shape index (κ2) is 4.91. The van der Waals surface area contributed by atoms with Gasteiger partial charge in [0.1, 0.15) is 5.75 Å². The summed E-state index contributed by atoms with van der Waals surface area (Å²) in [5.41, 5.74) is 1.23. The van der Waals surface area contributed by atoms with Crippen LogP contribution in [0.15, 0.2) is 30.9 Å². The predicted molar refractivity (Wildman–Crippen MR) is 68.8 cm³/mol. The molecule has 0 unspecified atom stereocenters. The minimum absolute atomic E-state index is 0.110. The quantitative estimate of drug-likeness (QED) is 0.805. The molecule has 94 valence electrons. The van der Waals surface area contributed by atoms with Crippen molar-refractivity contribution in [2.45, 2.75) is 6.42 Å². The van der Waals surface area contributed by atoms with Crippen molar-refractivity contribution in [3.8, 4) is 5.75 Å². The van der Waals surface area contributed by atoms with Gasteiger partial charge in [-0.05, 0) is 18.2 Å². The van der Waals surface area contributed by atoms with E-state index in [4.69, 9.17) is 4.74 Å². The van der Waals surface area contributed by atoms with E-state index >= 15 is 0 Å². The summed E-state index contributed by atoms with van der Waals surface area (Å²) >= 11 is 0. The molecule has 0 fully saturated rings. The van der Waals surface area contributed by atoms with Gasteiger partial charge >= 0.3 is 0 Å². The monoisotopic (exact) mass is 246 g/mol. The highest BCUT2D eigenvalue weighted by molar-refractivity contribution is 6.07. The standard InChI is InChI=1S/C13H14N2O3/c1-3-13(17)15-7-6-12(16)14-10-5-4-9(18-2)8-11(10)15/h3-5,8H,1,6-7H2,2H3,(H,14,16). The highest BCUT2D eigenvalue weighted by Gasteiger charge is 2.22. The Morgan fingerprint density at radius 2 is 2.33 bits per heavy atom. The Hall–Kier alpha value is -2.30. The number of benzene rings is 1. The molecule has 2 rings (SSSR count). The first-order valence-electron chi connectivity index (χ1n) is 5.57. The molecule has 1 aliphatic heterocycles. The first-order valence-corrected chi connectivity index (χ1v) is 5.57. The summed E-state index contributed by atoms with van der Waals surface area (Å²) in [5.74, 6) is 0.286. The fourth-order valence-electron chi connectivity index (χ4n) is 1.85. The lowest BCUT2D eigenvalue weighted by molar-refractivity contribution is -0.116. The lowest BCUT2D eigenvalue weighted by atomic mass is 10.2. The molecule has 0 atom stereocenters. The minimum atomic E-state index is -0.235. The third kappa shape index (κ3) is 2.20. The number of carbonyl (C=O) groups excluding carboxylic acids is 2. The number of fused-ring (bicyclic) bond motifs is 1. The summed E-state index contributed by atoms with van der Waals surface area (Å²) in [5, 5.41) is 2.76. The predicted octanol–water partition coefficient (Wildman–Crippen LogP) is 1.56. The van der Waals surface area contributed by atoms with E-state index in [1.54, 1.807) is 25.3 Å². The van der Waals surface area contributed by atoms with Gasteiger partial charge in [-0.2, -0.15) is 0 Å². The number of ether oxygens (including phenoxy) is 1. The number of rotatable bonds is 2. The molecule has 0 aromatic heterocycles. The van der Waals surface area contributed by atoms with Crippen LogP contribution in [0.4, 0.5) is 11.4 Å². The van der Waals surface area contributed by atoms with Gasteiger partial charge < -0.3 is 15.0 Å². The smallest absolute Gasteiger partial charge is 0.250 e. The number of amides is 2.